The van der Waals surface area contributed by atoms with Crippen LogP contribution in [-0.4, -0.2) is 42.5 Å². The summed E-state index contributed by atoms with van der Waals surface area (Å²) in [6, 6.07) is 0.646. The maximum absolute atomic E-state index is 12.5. The van der Waals surface area contributed by atoms with Crippen molar-refractivity contribution in [3.63, 3.8) is 0 Å². The predicted octanol–water partition coefficient (Wildman–Crippen LogP) is 5.61. The number of hydrogen-bond acceptors (Lipinski definition) is 3. The molecular weight excluding hydrogens is 376 g/mol. The number of hydrogen-bond donors (Lipinski definition) is 2. The second-order valence-electron chi connectivity index (χ2n) is 10.4. The fourth-order valence-electron chi connectivity index (χ4n) is 6.05. The average Bonchev–Trinajstić information content (AvgIpc) is 2.78. The van der Waals surface area contributed by atoms with Gasteiger partial charge in [-0.05, 0) is 77.0 Å². The van der Waals surface area contributed by atoms with E-state index >= 15 is 0 Å². The first-order valence-electron chi connectivity index (χ1n) is 13.1. The van der Waals surface area contributed by atoms with Crippen LogP contribution < -0.4 is 10.6 Å². The van der Waals surface area contributed by atoms with Crippen LogP contribution in [0.2, 0.25) is 0 Å². The van der Waals surface area contributed by atoms with Crippen molar-refractivity contribution in [1.82, 2.24) is 10.6 Å². The molecule has 0 unspecified atom stereocenters. The SMILES string of the molecule is O=C(NC1CCC(OC2CCCCC2)CC1)NC1CCC(OC2CCCCC2)CC1. The van der Waals surface area contributed by atoms with Crippen molar-refractivity contribution in [2.75, 3.05) is 0 Å². The molecule has 0 radical (unpaired) electrons. The van der Waals surface area contributed by atoms with E-state index in [0.29, 0.717) is 36.5 Å². The molecule has 5 nitrogen and oxygen atoms in total. The summed E-state index contributed by atoms with van der Waals surface area (Å²) < 4.78 is 12.7. The first kappa shape index (κ1) is 22.4. The molecule has 172 valence electrons. The van der Waals surface area contributed by atoms with Gasteiger partial charge in [0.05, 0.1) is 24.4 Å². The van der Waals surface area contributed by atoms with Crippen LogP contribution in [0.3, 0.4) is 0 Å². The van der Waals surface area contributed by atoms with Crippen molar-refractivity contribution < 1.29 is 14.3 Å². The summed E-state index contributed by atoms with van der Waals surface area (Å²) in [4.78, 5) is 12.5. The Labute approximate surface area is 183 Å². The highest BCUT2D eigenvalue weighted by Crippen LogP contribution is 2.29. The zero-order chi connectivity index (χ0) is 20.6. The Morgan fingerprint density at radius 2 is 0.800 bits per heavy atom. The van der Waals surface area contributed by atoms with Gasteiger partial charge in [-0.1, -0.05) is 38.5 Å². The first-order chi connectivity index (χ1) is 14.7. The Kier molecular flexibility index (Phi) is 8.74. The molecule has 30 heavy (non-hydrogen) atoms. The lowest BCUT2D eigenvalue weighted by Gasteiger charge is -2.34. The summed E-state index contributed by atoms with van der Waals surface area (Å²) in [6.45, 7) is 0. The number of urea groups is 1. The van der Waals surface area contributed by atoms with E-state index in [9.17, 15) is 4.79 Å². The van der Waals surface area contributed by atoms with Crippen molar-refractivity contribution in [1.29, 1.82) is 0 Å². The van der Waals surface area contributed by atoms with Crippen molar-refractivity contribution in [3.8, 4) is 0 Å². The molecule has 0 saturated heterocycles. The monoisotopic (exact) mass is 420 g/mol. The van der Waals surface area contributed by atoms with Crippen molar-refractivity contribution in [3.05, 3.63) is 0 Å². The molecule has 2 amide bonds. The van der Waals surface area contributed by atoms with E-state index in [-0.39, 0.29) is 6.03 Å². The molecule has 0 aromatic rings. The molecule has 4 aliphatic rings. The maximum Gasteiger partial charge on any atom is 0.315 e. The highest BCUT2D eigenvalue weighted by molar-refractivity contribution is 5.74. The summed E-state index contributed by atoms with van der Waals surface area (Å²) in [6.07, 6.45) is 23.4. The molecule has 0 aliphatic heterocycles. The molecule has 2 N–H and O–H groups in total. The van der Waals surface area contributed by atoms with Crippen LogP contribution in [0.4, 0.5) is 4.79 Å². The quantitative estimate of drug-likeness (QED) is 0.587. The van der Waals surface area contributed by atoms with Gasteiger partial charge in [0.25, 0.3) is 0 Å². The molecule has 4 saturated carbocycles. The summed E-state index contributed by atoms with van der Waals surface area (Å²) in [7, 11) is 0. The molecule has 0 aromatic carbocycles. The lowest BCUT2D eigenvalue weighted by molar-refractivity contribution is -0.0484. The van der Waals surface area contributed by atoms with Crippen LogP contribution in [0.15, 0.2) is 0 Å². The van der Waals surface area contributed by atoms with Crippen LogP contribution in [0, 0.1) is 0 Å². The second kappa shape index (κ2) is 11.7. The molecule has 0 spiro atoms. The van der Waals surface area contributed by atoms with Crippen molar-refractivity contribution >= 4 is 6.03 Å². The number of amides is 2. The Morgan fingerprint density at radius 3 is 1.17 bits per heavy atom. The maximum atomic E-state index is 12.5. The van der Waals surface area contributed by atoms with E-state index in [2.05, 4.69) is 10.6 Å². The smallest absolute Gasteiger partial charge is 0.315 e. The van der Waals surface area contributed by atoms with Crippen LogP contribution in [-0.2, 0) is 9.47 Å². The fourth-order valence-corrected chi connectivity index (χ4v) is 6.05. The Hall–Kier alpha value is -0.810. The van der Waals surface area contributed by atoms with E-state index in [0.717, 1.165) is 51.4 Å². The summed E-state index contributed by atoms with van der Waals surface area (Å²) >= 11 is 0. The van der Waals surface area contributed by atoms with Gasteiger partial charge in [-0.2, -0.15) is 0 Å². The van der Waals surface area contributed by atoms with E-state index in [1.807, 2.05) is 0 Å². The number of ether oxygens (including phenoxy) is 2. The Bertz CT molecular complexity index is 457. The van der Waals surface area contributed by atoms with Gasteiger partial charge in [0.2, 0.25) is 0 Å². The molecule has 5 heteroatoms. The van der Waals surface area contributed by atoms with E-state index in [1.165, 1.54) is 64.2 Å². The number of nitrogens with one attached hydrogen (secondary N) is 2. The number of carbonyl (C=O) groups is 1. The summed E-state index contributed by atoms with van der Waals surface area (Å²) in [5.74, 6) is 0. The van der Waals surface area contributed by atoms with Gasteiger partial charge in [-0.3, -0.25) is 0 Å². The molecule has 0 atom stereocenters. The zero-order valence-electron chi connectivity index (χ0n) is 18.9. The number of rotatable bonds is 6. The lowest BCUT2D eigenvalue weighted by Crippen LogP contribution is -2.49. The van der Waals surface area contributed by atoms with Crippen LogP contribution in [0.25, 0.3) is 0 Å². The largest absolute Gasteiger partial charge is 0.375 e. The third-order valence-corrected chi connectivity index (χ3v) is 7.89. The molecular formula is C25H44N2O3. The van der Waals surface area contributed by atoms with Gasteiger partial charge in [-0.25, -0.2) is 4.79 Å². The molecule has 4 fully saturated rings. The Balaban J connectivity index is 1.07. The van der Waals surface area contributed by atoms with Crippen LogP contribution in [0.5, 0.6) is 0 Å². The van der Waals surface area contributed by atoms with Gasteiger partial charge < -0.3 is 20.1 Å². The normalized spacial score (nSPS) is 34.4. The van der Waals surface area contributed by atoms with Crippen LogP contribution >= 0.6 is 0 Å². The third kappa shape index (κ3) is 7.12. The molecule has 4 rings (SSSR count). The van der Waals surface area contributed by atoms with Crippen molar-refractivity contribution in [2.45, 2.75) is 152 Å². The van der Waals surface area contributed by atoms with Gasteiger partial charge in [-0.15, -0.1) is 0 Å². The minimum Gasteiger partial charge on any atom is -0.375 e. The zero-order valence-corrected chi connectivity index (χ0v) is 18.9. The van der Waals surface area contributed by atoms with Gasteiger partial charge >= 0.3 is 6.03 Å². The molecule has 4 aliphatic carbocycles. The van der Waals surface area contributed by atoms with E-state index in [1.54, 1.807) is 0 Å². The predicted molar refractivity (Wildman–Crippen MR) is 120 cm³/mol. The molecule has 0 aromatic heterocycles. The number of carbonyl (C=O) groups excluding carboxylic acids is 1. The minimum absolute atomic E-state index is 0.0308. The summed E-state index contributed by atoms with van der Waals surface area (Å²) in [5, 5.41) is 6.46. The summed E-state index contributed by atoms with van der Waals surface area (Å²) in [5.41, 5.74) is 0. The van der Waals surface area contributed by atoms with Gasteiger partial charge in [0.15, 0.2) is 0 Å². The van der Waals surface area contributed by atoms with Gasteiger partial charge in [0.1, 0.15) is 0 Å². The average molecular weight is 421 g/mol. The highest BCUT2D eigenvalue weighted by Gasteiger charge is 2.28. The first-order valence-corrected chi connectivity index (χ1v) is 13.1. The van der Waals surface area contributed by atoms with Crippen molar-refractivity contribution in [2.24, 2.45) is 0 Å². The molecule has 0 heterocycles. The van der Waals surface area contributed by atoms with Crippen LogP contribution in [0.1, 0.15) is 116 Å². The standard InChI is InChI=1S/C25H44N2O3/c28-25(26-19-11-15-23(16-12-19)29-21-7-3-1-4-8-21)27-20-13-17-24(18-14-20)30-22-9-5-2-6-10-22/h19-24H,1-18H2,(H2,26,27,28). The lowest BCUT2D eigenvalue weighted by atomic mass is 9.91. The Morgan fingerprint density at radius 1 is 0.467 bits per heavy atom. The topological polar surface area (TPSA) is 59.6 Å². The third-order valence-electron chi connectivity index (χ3n) is 7.89. The fraction of sp³-hybridized carbons (Fsp3) is 0.960. The van der Waals surface area contributed by atoms with E-state index in [4.69, 9.17) is 9.47 Å². The second-order valence-corrected chi connectivity index (χ2v) is 10.4. The van der Waals surface area contributed by atoms with E-state index < -0.39 is 0 Å². The molecule has 0 bridgehead atoms. The minimum atomic E-state index is 0.0308. The van der Waals surface area contributed by atoms with Gasteiger partial charge in [0, 0.05) is 12.1 Å². The highest BCUT2D eigenvalue weighted by atomic mass is 16.5.